The second-order valence-corrected chi connectivity index (χ2v) is 8.04. The van der Waals surface area contributed by atoms with Crippen LogP contribution in [-0.2, 0) is 12.7 Å². The van der Waals surface area contributed by atoms with Crippen LogP contribution in [0.25, 0.3) is 17.0 Å². The van der Waals surface area contributed by atoms with Crippen LogP contribution < -0.4 is 0 Å². The van der Waals surface area contributed by atoms with Gasteiger partial charge in [0.15, 0.2) is 0 Å². The number of H-pyrrole nitrogens is 1. The summed E-state index contributed by atoms with van der Waals surface area (Å²) in [5.74, 6) is -1.19. The summed E-state index contributed by atoms with van der Waals surface area (Å²) in [5, 5.41) is 15.5. The summed E-state index contributed by atoms with van der Waals surface area (Å²) in [6.07, 6.45) is -0.959. The summed E-state index contributed by atoms with van der Waals surface area (Å²) in [7, 11) is 0. The Kier molecular flexibility index (Phi) is 4.52. The first-order valence-electron chi connectivity index (χ1n) is 10.5. The third-order valence-corrected chi connectivity index (χ3v) is 5.86. The van der Waals surface area contributed by atoms with Crippen LogP contribution in [0.15, 0.2) is 47.4 Å². The van der Waals surface area contributed by atoms with Gasteiger partial charge in [0.1, 0.15) is 6.04 Å². The van der Waals surface area contributed by atoms with E-state index in [1.165, 1.54) is 4.90 Å². The summed E-state index contributed by atoms with van der Waals surface area (Å²) < 4.78 is 45.6. The second-order valence-electron chi connectivity index (χ2n) is 8.04. The van der Waals surface area contributed by atoms with Gasteiger partial charge in [0.2, 0.25) is 0 Å². The van der Waals surface area contributed by atoms with Crippen molar-refractivity contribution in [1.29, 1.82) is 0 Å². The second kappa shape index (κ2) is 7.51. The first kappa shape index (κ1) is 21.1. The van der Waals surface area contributed by atoms with E-state index >= 15 is 0 Å². The lowest BCUT2D eigenvalue weighted by molar-refractivity contribution is -0.212. The summed E-state index contributed by atoms with van der Waals surface area (Å²) in [4.78, 5) is 22.5. The van der Waals surface area contributed by atoms with Crippen molar-refractivity contribution in [1.82, 2.24) is 44.5 Å². The molecule has 6 heterocycles. The van der Waals surface area contributed by atoms with E-state index in [0.29, 0.717) is 30.6 Å². The molecule has 0 radical (unpaired) electrons. The molecule has 1 atom stereocenters. The number of hydrogen-bond acceptors (Lipinski definition) is 7. The molecule has 0 bridgehead atoms. The SMILES string of the molecule is Cc1cccc2cc([C@H]3c4nc[nH]c4CCN3C(=O)c3nnc(-c4cnn(C(F)(F)F)c4)o3)nn12. The minimum atomic E-state index is -4.69. The molecule has 0 saturated heterocycles. The van der Waals surface area contributed by atoms with Gasteiger partial charge in [0, 0.05) is 30.6 Å². The van der Waals surface area contributed by atoms with Crippen molar-refractivity contribution in [3.8, 4) is 11.5 Å². The number of nitrogens with zero attached hydrogens (tertiary/aromatic N) is 8. The van der Waals surface area contributed by atoms with Crippen molar-refractivity contribution < 1.29 is 22.4 Å². The summed E-state index contributed by atoms with van der Waals surface area (Å²) in [5.41, 5.74) is 3.86. The van der Waals surface area contributed by atoms with Gasteiger partial charge in [-0.15, -0.1) is 23.4 Å². The highest BCUT2D eigenvalue weighted by atomic mass is 19.4. The lowest BCUT2D eigenvalue weighted by atomic mass is 9.99. The number of fused-ring (bicyclic) bond motifs is 2. The normalized spacial score (nSPS) is 16.1. The third kappa shape index (κ3) is 3.45. The number of amides is 1. The summed E-state index contributed by atoms with van der Waals surface area (Å²) >= 11 is 0. The zero-order valence-corrected chi connectivity index (χ0v) is 18.1. The Labute approximate surface area is 194 Å². The maximum Gasteiger partial charge on any atom is 0.504 e. The molecule has 14 heteroatoms. The predicted molar refractivity (Wildman–Crippen MR) is 112 cm³/mol. The smallest absolute Gasteiger partial charge is 0.412 e. The quantitative estimate of drug-likeness (QED) is 0.419. The van der Waals surface area contributed by atoms with Crippen LogP contribution in [0, 0.1) is 6.92 Å². The Morgan fingerprint density at radius 3 is 2.89 bits per heavy atom. The fourth-order valence-corrected chi connectivity index (χ4v) is 4.22. The van der Waals surface area contributed by atoms with Crippen LogP contribution in [0.2, 0.25) is 0 Å². The van der Waals surface area contributed by atoms with Crippen molar-refractivity contribution in [2.45, 2.75) is 25.7 Å². The first-order chi connectivity index (χ1) is 16.8. The highest BCUT2D eigenvalue weighted by Gasteiger charge is 2.38. The van der Waals surface area contributed by atoms with Crippen LogP contribution >= 0.6 is 0 Å². The number of hydrogen-bond donors (Lipinski definition) is 1. The molecule has 0 aliphatic carbocycles. The van der Waals surface area contributed by atoms with Crippen molar-refractivity contribution in [3.05, 3.63) is 71.7 Å². The molecule has 6 rings (SSSR count). The number of carbonyl (C=O) groups excluding carboxylic acids is 1. The van der Waals surface area contributed by atoms with Gasteiger partial charge in [-0.1, -0.05) is 6.07 Å². The maximum atomic E-state index is 13.5. The molecule has 11 nitrogen and oxygen atoms in total. The molecule has 1 aliphatic heterocycles. The van der Waals surface area contributed by atoms with Crippen LogP contribution in [0.1, 0.15) is 39.5 Å². The largest absolute Gasteiger partial charge is 0.504 e. The number of pyridine rings is 1. The number of carbonyl (C=O) groups is 1. The molecule has 178 valence electrons. The number of aryl methyl sites for hydroxylation is 1. The number of imidazole rings is 1. The fraction of sp³-hybridized carbons (Fsp3) is 0.238. The molecule has 5 aromatic heterocycles. The molecule has 1 aliphatic rings. The zero-order chi connectivity index (χ0) is 24.3. The van der Waals surface area contributed by atoms with E-state index < -0.39 is 18.2 Å². The zero-order valence-electron chi connectivity index (χ0n) is 18.1. The molecule has 0 fully saturated rings. The van der Waals surface area contributed by atoms with Gasteiger partial charge in [-0.25, -0.2) is 9.50 Å². The van der Waals surface area contributed by atoms with Gasteiger partial charge in [-0.05, 0) is 25.1 Å². The Morgan fingerprint density at radius 1 is 1.26 bits per heavy atom. The first-order valence-corrected chi connectivity index (χ1v) is 10.5. The minimum absolute atomic E-state index is 0.0607. The number of alkyl halides is 3. The monoisotopic (exact) mass is 483 g/mol. The maximum absolute atomic E-state index is 13.5. The van der Waals surface area contributed by atoms with E-state index in [1.807, 2.05) is 31.2 Å². The molecule has 0 unspecified atom stereocenters. The minimum Gasteiger partial charge on any atom is -0.412 e. The average Bonchev–Trinajstić information content (AvgIpc) is 3.62. The van der Waals surface area contributed by atoms with Gasteiger partial charge in [-0.3, -0.25) is 4.79 Å². The van der Waals surface area contributed by atoms with Gasteiger partial charge in [0.25, 0.3) is 5.89 Å². The average molecular weight is 483 g/mol. The van der Waals surface area contributed by atoms with E-state index in [0.717, 1.165) is 23.1 Å². The van der Waals surface area contributed by atoms with E-state index in [4.69, 9.17) is 9.52 Å². The van der Waals surface area contributed by atoms with E-state index in [2.05, 4.69) is 25.3 Å². The Bertz CT molecular complexity index is 1560. The Morgan fingerprint density at radius 2 is 2.11 bits per heavy atom. The number of aromatic amines is 1. The van der Waals surface area contributed by atoms with Crippen LogP contribution in [0.4, 0.5) is 13.2 Å². The number of rotatable bonds is 3. The Balaban J connectivity index is 1.37. The number of halogens is 3. The molecule has 0 saturated carbocycles. The summed E-state index contributed by atoms with van der Waals surface area (Å²) in [6.45, 7) is 2.24. The van der Waals surface area contributed by atoms with Crippen LogP contribution in [0.5, 0.6) is 0 Å². The topological polar surface area (TPSA) is 123 Å². The molecule has 5 aromatic rings. The van der Waals surface area contributed by atoms with E-state index in [-0.39, 0.29) is 22.0 Å². The number of nitrogens with one attached hydrogen (secondary N) is 1. The molecule has 1 N–H and O–H groups in total. The van der Waals surface area contributed by atoms with Crippen molar-refractivity contribution in [2.24, 2.45) is 0 Å². The van der Waals surface area contributed by atoms with Gasteiger partial charge in [-0.2, -0.15) is 14.9 Å². The van der Waals surface area contributed by atoms with Gasteiger partial charge < -0.3 is 14.3 Å². The van der Waals surface area contributed by atoms with E-state index in [9.17, 15) is 18.0 Å². The highest BCUT2D eigenvalue weighted by Crippen LogP contribution is 2.34. The third-order valence-electron chi connectivity index (χ3n) is 5.86. The van der Waals surface area contributed by atoms with Crippen molar-refractivity contribution in [3.63, 3.8) is 0 Å². The molecule has 0 spiro atoms. The molecule has 1 amide bonds. The van der Waals surface area contributed by atoms with Crippen molar-refractivity contribution in [2.75, 3.05) is 6.54 Å². The molecular weight excluding hydrogens is 467 g/mol. The highest BCUT2D eigenvalue weighted by molar-refractivity contribution is 5.90. The van der Waals surface area contributed by atoms with Crippen LogP contribution in [-0.4, -0.2) is 56.9 Å². The van der Waals surface area contributed by atoms with Gasteiger partial charge in [0.05, 0.1) is 35.0 Å². The standard InChI is InChI=1S/C21H16F3N9O2/c1-11-3-2-4-13-7-15(30-33(11)13)17-16-14(25-10-26-16)5-6-31(17)20(34)19-29-28-18(35-19)12-8-27-32(9-12)21(22,23)24/h2-4,7-10,17H,5-6H2,1H3,(H,25,26)/t17-/m0/s1. The van der Waals surface area contributed by atoms with E-state index in [1.54, 1.807) is 10.8 Å². The summed E-state index contributed by atoms with van der Waals surface area (Å²) in [6, 6.07) is 7.01. The molecular formula is C21H16F3N9O2. The number of aromatic nitrogens is 8. The van der Waals surface area contributed by atoms with Gasteiger partial charge >= 0.3 is 18.1 Å². The predicted octanol–water partition coefficient (Wildman–Crippen LogP) is 2.88. The van der Waals surface area contributed by atoms with Crippen molar-refractivity contribution >= 4 is 11.4 Å². The molecule has 35 heavy (non-hydrogen) atoms. The molecule has 0 aromatic carbocycles. The fourth-order valence-electron chi connectivity index (χ4n) is 4.22. The van der Waals surface area contributed by atoms with Crippen LogP contribution in [0.3, 0.4) is 0 Å². The lowest BCUT2D eigenvalue weighted by Gasteiger charge is -2.32. The lowest BCUT2D eigenvalue weighted by Crippen LogP contribution is -2.41. The Hall–Kier alpha value is -4.49.